The third kappa shape index (κ3) is 7.53. The van der Waals surface area contributed by atoms with Crippen molar-refractivity contribution in [3.63, 3.8) is 0 Å². The Morgan fingerprint density at radius 2 is 1.62 bits per heavy atom. The highest BCUT2D eigenvalue weighted by atomic mass is 19.4. The zero-order valence-corrected chi connectivity index (χ0v) is 23.3. The smallest absolute Gasteiger partial charge is 0.382 e. The van der Waals surface area contributed by atoms with Gasteiger partial charge in [0.05, 0.1) is 11.0 Å². The Morgan fingerprint density at radius 3 is 2.17 bits per heavy atom. The van der Waals surface area contributed by atoms with E-state index in [2.05, 4.69) is 50.4 Å². The third-order valence-electron chi connectivity index (χ3n) is 8.08. The number of nitrogens with zero attached hydrogens (tertiary/aromatic N) is 2. The van der Waals surface area contributed by atoms with Crippen molar-refractivity contribution in [1.82, 2.24) is 4.90 Å². The minimum absolute atomic E-state index is 0.00709. The Bertz CT molecular complexity index is 1180. The minimum Gasteiger partial charge on any atom is -0.382 e. The highest BCUT2D eigenvalue weighted by molar-refractivity contribution is 5.77. The van der Waals surface area contributed by atoms with Gasteiger partial charge in [-0.05, 0) is 73.1 Å². The van der Waals surface area contributed by atoms with E-state index in [-0.39, 0.29) is 35.8 Å². The summed E-state index contributed by atoms with van der Waals surface area (Å²) in [5.74, 6) is 0.442. The summed E-state index contributed by atoms with van der Waals surface area (Å²) in [6.07, 6.45) is -0.360. The molecule has 10 heteroatoms. The van der Waals surface area contributed by atoms with Crippen LogP contribution >= 0.6 is 0 Å². The zero-order chi connectivity index (χ0) is 29.1. The van der Waals surface area contributed by atoms with Gasteiger partial charge in [0.1, 0.15) is 12.2 Å². The van der Waals surface area contributed by atoms with E-state index in [4.69, 9.17) is 4.74 Å². The summed E-state index contributed by atoms with van der Waals surface area (Å²) in [5, 5.41) is 14.0. The molecule has 1 saturated heterocycles. The van der Waals surface area contributed by atoms with Crippen molar-refractivity contribution in [2.24, 2.45) is 0 Å². The van der Waals surface area contributed by atoms with Gasteiger partial charge in [-0.3, -0.25) is 14.9 Å². The maximum atomic E-state index is 13.3. The molecule has 218 valence electrons. The summed E-state index contributed by atoms with van der Waals surface area (Å²) < 4.78 is 45.7. The first-order valence-corrected chi connectivity index (χ1v) is 13.9. The summed E-state index contributed by atoms with van der Waals surface area (Å²) in [5.41, 5.74) is 0.737. The van der Waals surface area contributed by atoms with Gasteiger partial charge in [0, 0.05) is 30.9 Å². The number of alkyl halides is 3. The molecule has 4 rings (SSSR count). The van der Waals surface area contributed by atoms with Crippen LogP contribution in [0.15, 0.2) is 42.5 Å². The zero-order valence-electron chi connectivity index (χ0n) is 23.3. The molecule has 7 nitrogen and oxygen atoms in total. The van der Waals surface area contributed by atoms with Crippen LogP contribution in [0.25, 0.3) is 0 Å². The lowest BCUT2D eigenvalue weighted by atomic mass is 9.84. The van der Waals surface area contributed by atoms with E-state index in [0.29, 0.717) is 44.7 Å². The van der Waals surface area contributed by atoms with E-state index < -0.39 is 22.4 Å². The topological polar surface area (TPSA) is 84.7 Å². The van der Waals surface area contributed by atoms with Gasteiger partial charge in [-0.1, -0.05) is 45.0 Å². The van der Waals surface area contributed by atoms with E-state index in [1.807, 2.05) is 4.90 Å². The molecule has 1 saturated carbocycles. The number of nitrogens with one attached hydrogen (secondary N) is 1. The highest BCUT2D eigenvalue weighted by Gasteiger charge is 2.38. The lowest BCUT2D eigenvalue weighted by Crippen LogP contribution is -2.41. The van der Waals surface area contributed by atoms with Gasteiger partial charge in [0.25, 0.3) is 5.69 Å². The van der Waals surface area contributed by atoms with Gasteiger partial charge in [0.2, 0.25) is 5.91 Å². The standard InChI is InChI=1S/C30H38F3N3O4/c1-29(2,3)22-6-4-20(5-7-22)21-14-16-35(17-15-21)28(37)19-40-25-11-8-23(9-12-25)34-24-10-13-27(36(38)39)26(18-24)30(31,32)33/h4-7,10,13,18,21,23,25,34H,8-9,11-12,14-17,19H2,1-3H3. The quantitative estimate of drug-likeness (QED) is 0.289. The predicted octanol–water partition coefficient (Wildman–Crippen LogP) is 7.06. The number of nitro benzene ring substituents is 1. The van der Waals surface area contributed by atoms with E-state index in [0.717, 1.165) is 25.0 Å². The van der Waals surface area contributed by atoms with E-state index in [1.165, 1.54) is 17.2 Å². The molecule has 0 spiro atoms. The molecule has 1 amide bonds. The number of hydrogen-bond donors (Lipinski definition) is 1. The second kappa shape index (κ2) is 12.2. The fourth-order valence-corrected chi connectivity index (χ4v) is 5.62. The van der Waals surface area contributed by atoms with Gasteiger partial charge in [-0.2, -0.15) is 13.2 Å². The number of likely N-dealkylation sites (tertiary alicyclic amines) is 1. The number of anilines is 1. The van der Waals surface area contributed by atoms with Crippen LogP contribution < -0.4 is 5.32 Å². The maximum absolute atomic E-state index is 13.3. The Balaban J connectivity index is 1.19. The predicted molar refractivity (Wildman–Crippen MR) is 147 cm³/mol. The normalized spacial score (nSPS) is 20.8. The number of ether oxygens (including phenoxy) is 1. The number of rotatable bonds is 7. The second-order valence-electron chi connectivity index (χ2n) is 11.9. The second-order valence-corrected chi connectivity index (χ2v) is 11.9. The van der Waals surface area contributed by atoms with Gasteiger partial charge in [0.15, 0.2) is 0 Å². The Labute approximate surface area is 233 Å². The molecule has 0 atom stereocenters. The molecule has 1 aliphatic carbocycles. The SMILES string of the molecule is CC(C)(C)c1ccc(C2CCN(C(=O)COC3CCC(Nc4ccc([N+](=O)[O-])c(C(F)(F)F)c4)CC3)CC2)cc1. The van der Waals surface area contributed by atoms with Crippen molar-refractivity contribution in [2.45, 2.75) is 89.0 Å². The van der Waals surface area contributed by atoms with Gasteiger partial charge in [-0.25, -0.2) is 0 Å². The van der Waals surface area contributed by atoms with Crippen LogP contribution in [0.5, 0.6) is 0 Å². The number of carbonyl (C=O) groups excluding carboxylic acids is 1. The number of carbonyl (C=O) groups is 1. The maximum Gasteiger partial charge on any atom is 0.423 e. The number of hydrogen-bond acceptors (Lipinski definition) is 5. The highest BCUT2D eigenvalue weighted by Crippen LogP contribution is 2.38. The van der Waals surface area contributed by atoms with Crippen LogP contribution in [0.3, 0.4) is 0 Å². The first kappa shape index (κ1) is 29.8. The fourth-order valence-electron chi connectivity index (χ4n) is 5.62. The van der Waals surface area contributed by atoms with Crippen molar-refractivity contribution in [1.29, 1.82) is 0 Å². The van der Waals surface area contributed by atoms with Crippen LogP contribution in [0, 0.1) is 10.1 Å². The summed E-state index contributed by atoms with van der Waals surface area (Å²) >= 11 is 0. The molecule has 40 heavy (non-hydrogen) atoms. The Kier molecular flexibility index (Phi) is 9.07. The van der Waals surface area contributed by atoms with Gasteiger partial charge < -0.3 is 15.0 Å². The monoisotopic (exact) mass is 561 g/mol. The average Bonchev–Trinajstić information content (AvgIpc) is 2.91. The number of nitro groups is 1. The molecule has 2 fully saturated rings. The molecule has 0 unspecified atom stereocenters. The fraction of sp³-hybridized carbons (Fsp3) is 0.567. The minimum atomic E-state index is -4.81. The first-order valence-electron chi connectivity index (χ1n) is 13.9. The van der Waals surface area contributed by atoms with Crippen molar-refractivity contribution >= 4 is 17.3 Å². The molecule has 2 aliphatic rings. The Morgan fingerprint density at radius 1 is 1.00 bits per heavy atom. The van der Waals surface area contributed by atoms with E-state index >= 15 is 0 Å². The van der Waals surface area contributed by atoms with Crippen LogP contribution in [0.2, 0.25) is 0 Å². The number of amides is 1. The summed E-state index contributed by atoms with van der Waals surface area (Å²) in [4.78, 5) is 24.6. The molecule has 0 aromatic heterocycles. The van der Waals surface area contributed by atoms with E-state index in [1.54, 1.807) is 0 Å². The molecule has 0 radical (unpaired) electrons. The lowest BCUT2D eigenvalue weighted by molar-refractivity contribution is -0.388. The Hall–Kier alpha value is -3.14. The lowest BCUT2D eigenvalue weighted by Gasteiger charge is -2.34. The van der Waals surface area contributed by atoms with Crippen molar-refractivity contribution in [2.75, 3.05) is 25.0 Å². The number of benzene rings is 2. The molecular formula is C30H38F3N3O4. The summed E-state index contributed by atoms with van der Waals surface area (Å²) in [7, 11) is 0. The van der Waals surface area contributed by atoms with E-state index in [9.17, 15) is 28.1 Å². The van der Waals surface area contributed by atoms with Gasteiger partial charge in [-0.15, -0.1) is 0 Å². The van der Waals surface area contributed by atoms with Crippen LogP contribution in [0.1, 0.15) is 81.9 Å². The summed E-state index contributed by atoms with van der Waals surface area (Å²) in [6.45, 7) is 8.06. The van der Waals surface area contributed by atoms with Gasteiger partial charge >= 0.3 is 6.18 Å². The third-order valence-corrected chi connectivity index (χ3v) is 8.08. The average molecular weight is 562 g/mol. The summed E-state index contributed by atoms with van der Waals surface area (Å²) in [6, 6.07) is 11.8. The van der Waals surface area contributed by atoms with Crippen molar-refractivity contribution in [3.05, 3.63) is 69.3 Å². The molecule has 2 aromatic carbocycles. The molecular weight excluding hydrogens is 523 g/mol. The van der Waals surface area contributed by atoms with Crippen LogP contribution in [-0.2, 0) is 21.1 Å². The first-order chi connectivity index (χ1) is 18.8. The van der Waals surface area contributed by atoms with Crippen molar-refractivity contribution in [3.8, 4) is 0 Å². The molecule has 1 N–H and O–H groups in total. The van der Waals surface area contributed by atoms with Crippen LogP contribution in [-0.4, -0.2) is 47.6 Å². The van der Waals surface area contributed by atoms with Crippen LogP contribution in [0.4, 0.5) is 24.5 Å². The molecule has 1 heterocycles. The molecule has 2 aromatic rings. The molecule has 0 bridgehead atoms. The number of halogens is 3. The number of piperidine rings is 1. The van der Waals surface area contributed by atoms with Crippen molar-refractivity contribution < 1.29 is 27.6 Å². The molecule has 1 aliphatic heterocycles. The largest absolute Gasteiger partial charge is 0.423 e.